The summed E-state index contributed by atoms with van der Waals surface area (Å²) in [6.07, 6.45) is 8.13. The molecule has 0 saturated heterocycles. The molecule has 2 nitrogen and oxygen atoms in total. The average molecular weight is 295 g/mol. The maximum atomic E-state index is 6.18. The third-order valence-corrected chi connectivity index (χ3v) is 8.50. The number of methoxy groups -OCH3 is 1. The van der Waals surface area contributed by atoms with Gasteiger partial charge in [0.25, 0.3) is 0 Å². The van der Waals surface area contributed by atoms with Crippen molar-refractivity contribution in [3.63, 3.8) is 0 Å². The fourth-order valence-electron chi connectivity index (χ4n) is 1.39. The number of hydrogen-bond acceptors (Lipinski definition) is 2. The Bertz CT molecular complexity index is 417. The topological polar surface area (TPSA) is 18.5 Å². The molecule has 0 rings (SSSR count). The van der Waals surface area contributed by atoms with E-state index in [9.17, 15) is 0 Å². The second-order valence-corrected chi connectivity index (χ2v) is 11.5. The van der Waals surface area contributed by atoms with Crippen LogP contribution < -0.4 is 0 Å². The van der Waals surface area contributed by atoms with Gasteiger partial charge in [0.1, 0.15) is 5.76 Å². The summed E-state index contributed by atoms with van der Waals surface area (Å²) in [5.74, 6) is 3.45. The van der Waals surface area contributed by atoms with Crippen LogP contribution in [0.3, 0.4) is 0 Å². The lowest BCUT2D eigenvalue weighted by Gasteiger charge is -2.36. The van der Waals surface area contributed by atoms with Crippen molar-refractivity contribution in [2.45, 2.75) is 59.2 Å². The van der Waals surface area contributed by atoms with E-state index in [2.05, 4.69) is 46.7 Å². The van der Waals surface area contributed by atoms with Crippen LogP contribution in [0.25, 0.3) is 0 Å². The molecule has 0 aliphatic rings. The van der Waals surface area contributed by atoms with E-state index in [0.717, 1.165) is 24.4 Å². The molecule has 0 spiro atoms. The zero-order chi connectivity index (χ0) is 16.0. The zero-order valence-corrected chi connectivity index (χ0v) is 15.4. The lowest BCUT2D eigenvalue weighted by Crippen LogP contribution is -2.41. The van der Waals surface area contributed by atoms with E-state index in [0.29, 0.717) is 0 Å². The molecule has 0 aliphatic carbocycles. The molecule has 0 aliphatic heterocycles. The van der Waals surface area contributed by atoms with Crippen LogP contribution in [-0.4, -0.2) is 22.0 Å². The molecule has 20 heavy (non-hydrogen) atoms. The van der Waals surface area contributed by atoms with Gasteiger partial charge in [0, 0.05) is 12.2 Å². The van der Waals surface area contributed by atoms with E-state index in [1.165, 1.54) is 5.57 Å². The molecule has 0 heterocycles. The first-order valence-electron chi connectivity index (χ1n) is 7.07. The summed E-state index contributed by atoms with van der Waals surface area (Å²) < 4.78 is 11.6. The zero-order valence-electron chi connectivity index (χ0n) is 14.4. The molecule has 0 unspecified atom stereocenters. The summed E-state index contributed by atoms with van der Waals surface area (Å²) in [6.45, 7) is 16.0. The Kier molecular flexibility index (Phi) is 7.33. The normalized spacial score (nSPS) is 14.7. The second-order valence-electron chi connectivity index (χ2n) is 6.68. The predicted octanol–water partition coefficient (Wildman–Crippen LogP) is 4.90. The molecule has 0 radical (unpaired) electrons. The van der Waals surface area contributed by atoms with Gasteiger partial charge in [-0.25, -0.2) is 0 Å². The standard InChI is InChI=1S/C17H30O2Si/c1-10-14(2)13-16(18-7)15(3)11-12-19-20(8,9)17(4,5)6/h1,13H,11-12H2,2-9H3/b14-13+,16-15-. The summed E-state index contributed by atoms with van der Waals surface area (Å²) >= 11 is 0. The van der Waals surface area contributed by atoms with Gasteiger partial charge in [0.05, 0.1) is 7.11 Å². The van der Waals surface area contributed by atoms with Crippen molar-refractivity contribution < 1.29 is 9.16 Å². The molecular weight excluding hydrogens is 264 g/mol. The van der Waals surface area contributed by atoms with Crippen LogP contribution in [-0.2, 0) is 9.16 Å². The Hall–Kier alpha value is -0.983. The van der Waals surface area contributed by atoms with Crippen LogP contribution >= 0.6 is 0 Å². The lowest BCUT2D eigenvalue weighted by molar-refractivity contribution is 0.277. The first kappa shape index (κ1) is 19.0. The smallest absolute Gasteiger partial charge is 0.191 e. The summed E-state index contributed by atoms with van der Waals surface area (Å²) in [5.41, 5.74) is 2.03. The second kappa shape index (κ2) is 7.71. The van der Waals surface area contributed by atoms with Crippen molar-refractivity contribution >= 4 is 8.32 Å². The highest BCUT2D eigenvalue weighted by Crippen LogP contribution is 2.36. The first-order chi connectivity index (χ1) is 9.05. The van der Waals surface area contributed by atoms with Gasteiger partial charge in [-0.2, -0.15) is 0 Å². The molecule has 0 bridgehead atoms. The Morgan fingerprint density at radius 3 is 2.20 bits per heavy atom. The van der Waals surface area contributed by atoms with Crippen LogP contribution in [0.4, 0.5) is 0 Å². The average Bonchev–Trinajstić information content (AvgIpc) is 2.33. The molecule has 3 heteroatoms. The van der Waals surface area contributed by atoms with Crippen molar-refractivity contribution in [3.05, 3.63) is 23.0 Å². The predicted molar refractivity (Wildman–Crippen MR) is 90.1 cm³/mol. The number of terminal acetylenes is 1. The van der Waals surface area contributed by atoms with Crippen LogP contribution in [0.2, 0.25) is 18.1 Å². The highest BCUT2D eigenvalue weighted by molar-refractivity contribution is 6.74. The highest BCUT2D eigenvalue weighted by Gasteiger charge is 2.36. The van der Waals surface area contributed by atoms with E-state index in [-0.39, 0.29) is 5.04 Å². The number of ether oxygens (including phenoxy) is 1. The third kappa shape index (κ3) is 5.98. The molecular formula is C17H30O2Si. The van der Waals surface area contributed by atoms with Crippen molar-refractivity contribution in [3.8, 4) is 12.3 Å². The van der Waals surface area contributed by atoms with Crippen LogP contribution in [0.5, 0.6) is 0 Å². The third-order valence-electron chi connectivity index (χ3n) is 3.96. The minimum absolute atomic E-state index is 0.245. The summed E-state index contributed by atoms with van der Waals surface area (Å²) in [4.78, 5) is 0. The monoisotopic (exact) mass is 294 g/mol. The van der Waals surface area contributed by atoms with Gasteiger partial charge in [0.15, 0.2) is 8.32 Å². The quantitative estimate of drug-likeness (QED) is 0.300. The molecule has 114 valence electrons. The number of rotatable bonds is 6. The molecule has 0 N–H and O–H groups in total. The molecule has 0 aromatic carbocycles. The maximum Gasteiger partial charge on any atom is 0.191 e. The van der Waals surface area contributed by atoms with E-state index in [1.54, 1.807) is 7.11 Å². The highest BCUT2D eigenvalue weighted by atomic mass is 28.4. The number of hydrogen-bond donors (Lipinski definition) is 0. The van der Waals surface area contributed by atoms with Crippen LogP contribution in [0, 0.1) is 12.3 Å². The SMILES string of the molecule is C#C/C(C)=C/C(OC)=C(\C)CCO[Si](C)(C)C(C)(C)C. The molecule has 0 amide bonds. The Morgan fingerprint density at radius 1 is 1.25 bits per heavy atom. The van der Waals surface area contributed by atoms with Crippen LogP contribution in [0.1, 0.15) is 41.0 Å². The lowest BCUT2D eigenvalue weighted by atomic mass is 10.1. The van der Waals surface area contributed by atoms with E-state index < -0.39 is 8.32 Å². The largest absolute Gasteiger partial charge is 0.497 e. The molecule has 0 aromatic rings. The van der Waals surface area contributed by atoms with E-state index in [4.69, 9.17) is 15.6 Å². The van der Waals surface area contributed by atoms with Gasteiger partial charge in [0.2, 0.25) is 0 Å². The van der Waals surface area contributed by atoms with Gasteiger partial charge < -0.3 is 9.16 Å². The molecule has 0 fully saturated rings. The molecule has 0 atom stereocenters. The van der Waals surface area contributed by atoms with Gasteiger partial charge in [-0.1, -0.05) is 26.7 Å². The molecule has 0 saturated carbocycles. The van der Waals surface area contributed by atoms with Crippen LogP contribution in [0.15, 0.2) is 23.0 Å². The van der Waals surface area contributed by atoms with Crippen molar-refractivity contribution in [1.82, 2.24) is 0 Å². The Morgan fingerprint density at radius 2 is 1.80 bits per heavy atom. The maximum absolute atomic E-state index is 6.18. The summed E-state index contributed by atoms with van der Waals surface area (Å²) in [6, 6.07) is 0. The van der Waals surface area contributed by atoms with Gasteiger partial charge in [-0.15, -0.1) is 6.42 Å². The van der Waals surface area contributed by atoms with Gasteiger partial charge in [-0.3, -0.25) is 0 Å². The van der Waals surface area contributed by atoms with Crippen molar-refractivity contribution in [2.75, 3.05) is 13.7 Å². The Balaban J connectivity index is 4.70. The van der Waals surface area contributed by atoms with Crippen molar-refractivity contribution in [2.24, 2.45) is 0 Å². The first-order valence-corrected chi connectivity index (χ1v) is 9.98. The minimum Gasteiger partial charge on any atom is -0.497 e. The fraction of sp³-hybridized carbons (Fsp3) is 0.647. The number of allylic oxidation sites excluding steroid dienone is 2. The molecule has 0 aromatic heterocycles. The summed E-state index contributed by atoms with van der Waals surface area (Å²) in [5, 5.41) is 0.245. The van der Waals surface area contributed by atoms with Crippen molar-refractivity contribution in [1.29, 1.82) is 0 Å². The Labute approximate surface area is 126 Å². The summed E-state index contributed by atoms with van der Waals surface area (Å²) in [7, 11) is 0.00767. The van der Waals surface area contributed by atoms with Gasteiger partial charge >= 0.3 is 0 Å². The minimum atomic E-state index is -1.67. The van der Waals surface area contributed by atoms with Gasteiger partial charge in [-0.05, 0) is 50.0 Å². The fourth-order valence-corrected chi connectivity index (χ4v) is 2.44. The van der Waals surface area contributed by atoms with E-state index in [1.807, 2.05) is 13.0 Å². The van der Waals surface area contributed by atoms with E-state index >= 15 is 0 Å².